The van der Waals surface area contributed by atoms with E-state index in [-0.39, 0.29) is 29.9 Å². The standard InChI is InChI=1S/C21H32N6O.HI/c1-15(2)19-18(14-27(6)25-19)13-26(5)21(23-4)24-11-10-16-8-7-9-17(12-16)20(28)22-3;/h7-9,12,14-15H,10-11,13H2,1-6H3,(H,22,28)(H,23,24);1H. The number of hydrogen-bond acceptors (Lipinski definition) is 3. The van der Waals surface area contributed by atoms with E-state index in [1.807, 2.05) is 43.0 Å². The van der Waals surface area contributed by atoms with E-state index in [4.69, 9.17) is 0 Å². The van der Waals surface area contributed by atoms with Gasteiger partial charge in [0.05, 0.1) is 5.69 Å². The fourth-order valence-corrected chi connectivity index (χ4v) is 3.21. The lowest BCUT2D eigenvalue weighted by atomic mass is 10.1. The van der Waals surface area contributed by atoms with Crippen LogP contribution < -0.4 is 10.6 Å². The number of halogens is 1. The summed E-state index contributed by atoms with van der Waals surface area (Å²) in [5.41, 5.74) is 4.12. The van der Waals surface area contributed by atoms with Crippen LogP contribution in [-0.4, -0.2) is 54.2 Å². The van der Waals surface area contributed by atoms with E-state index in [0.29, 0.717) is 11.5 Å². The Morgan fingerprint density at radius 3 is 2.69 bits per heavy atom. The number of nitrogens with zero attached hydrogens (tertiary/aromatic N) is 4. The quantitative estimate of drug-likeness (QED) is 0.340. The van der Waals surface area contributed by atoms with E-state index in [2.05, 4.69) is 45.7 Å². The highest BCUT2D eigenvalue weighted by atomic mass is 127. The van der Waals surface area contributed by atoms with E-state index in [1.165, 1.54) is 5.56 Å². The average Bonchev–Trinajstić information content (AvgIpc) is 3.05. The summed E-state index contributed by atoms with van der Waals surface area (Å²) >= 11 is 0. The molecule has 0 unspecified atom stereocenters. The molecule has 1 aromatic heterocycles. The zero-order valence-corrected chi connectivity index (χ0v) is 20.5. The van der Waals surface area contributed by atoms with Crippen LogP contribution in [0.1, 0.15) is 46.9 Å². The number of hydrogen-bond donors (Lipinski definition) is 2. The molecule has 2 aromatic rings. The lowest BCUT2D eigenvalue weighted by molar-refractivity contribution is 0.0963. The van der Waals surface area contributed by atoms with Gasteiger partial charge < -0.3 is 15.5 Å². The van der Waals surface area contributed by atoms with Crippen molar-refractivity contribution in [2.24, 2.45) is 12.0 Å². The molecule has 7 nitrogen and oxygen atoms in total. The molecular weight excluding hydrogens is 479 g/mol. The fourth-order valence-electron chi connectivity index (χ4n) is 3.21. The highest BCUT2D eigenvalue weighted by molar-refractivity contribution is 14.0. The van der Waals surface area contributed by atoms with E-state index in [9.17, 15) is 4.79 Å². The van der Waals surface area contributed by atoms with Gasteiger partial charge in [0, 0.05) is 58.6 Å². The summed E-state index contributed by atoms with van der Waals surface area (Å²) in [6.07, 6.45) is 2.88. The Bertz CT molecular complexity index is 830. The zero-order chi connectivity index (χ0) is 20.7. The minimum absolute atomic E-state index is 0. The molecular formula is C21H33IN6O. The number of benzene rings is 1. The van der Waals surface area contributed by atoms with Crippen molar-refractivity contribution in [3.05, 3.63) is 52.8 Å². The second kappa shape index (κ2) is 11.8. The maximum absolute atomic E-state index is 11.8. The predicted octanol–water partition coefficient (Wildman–Crippen LogP) is 2.77. The van der Waals surface area contributed by atoms with Gasteiger partial charge in [0.2, 0.25) is 0 Å². The van der Waals surface area contributed by atoms with Gasteiger partial charge in [0.25, 0.3) is 5.91 Å². The molecule has 0 spiro atoms. The Morgan fingerprint density at radius 1 is 1.34 bits per heavy atom. The van der Waals surface area contributed by atoms with Gasteiger partial charge >= 0.3 is 0 Å². The Hall–Kier alpha value is -2.10. The predicted molar refractivity (Wildman–Crippen MR) is 129 cm³/mol. The second-order valence-electron chi connectivity index (χ2n) is 7.23. The second-order valence-corrected chi connectivity index (χ2v) is 7.23. The van der Waals surface area contributed by atoms with E-state index in [0.717, 1.165) is 36.7 Å². The van der Waals surface area contributed by atoms with Crippen LogP contribution in [0.25, 0.3) is 0 Å². The number of guanidine groups is 1. The van der Waals surface area contributed by atoms with Crippen LogP contribution in [0.4, 0.5) is 0 Å². The SMILES string of the molecule is CN=C(NCCc1cccc(C(=O)NC)c1)N(C)Cc1cn(C)nc1C(C)C.I. The van der Waals surface area contributed by atoms with Gasteiger partial charge in [-0.15, -0.1) is 24.0 Å². The van der Waals surface area contributed by atoms with Crippen molar-refractivity contribution in [2.45, 2.75) is 32.7 Å². The van der Waals surface area contributed by atoms with E-state index in [1.54, 1.807) is 14.1 Å². The number of carbonyl (C=O) groups excluding carboxylic acids is 1. The molecule has 1 heterocycles. The number of rotatable bonds is 7. The van der Waals surface area contributed by atoms with Gasteiger partial charge in [-0.3, -0.25) is 14.5 Å². The Labute approximate surface area is 191 Å². The molecule has 1 aromatic carbocycles. The van der Waals surface area contributed by atoms with E-state index < -0.39 is 0 Å². The highest BCUT2D eigenvalue weighted by Gasteiger charge is 2.15. The van der Waals surface area contributed by atoms with Gasteiger partial charge in [-0.1, -0.05) is 26.0 Å². The summed E-state index contributed by atoms with van der Waals surface area (Å²) in [6.45, 7) is 5.79. The zero-order valence-electron chi connectivity index (χ0n) is 18.2. The van der Waals surface area contributed by atoms with Crippen LogP contribution in [0.5, 0.6) is 0 Å². The molecule has 2 N–H and O–H groups in total. The van der Waals surface area contributed by atoms with Crippen LogP contribution >= 0.6 is 24.0 Å². The first kappa shape index (κ1) is 24.9. The van der Waals surface area contributed by atoms with Crippen LogP contribution in [-0.2, 0) is 20.0 Å². The monoisotopic (exact) mass is 512 g/mol. The molecule has 0 atom stereocenters. The number of aromatic nitrogens is 2. The van der Waals surface area contributed by atoms with Gasteiger partial charge in [-0.2, -0.15) is 5.10 Å². The smallest absolute Gasteiger partial charge is 0.251 e. The van der Waals surface area contributed by atoms with Crippen molar-refractivity contribution in [1.29, 1.82) is 0 Å². The van der Waals surface area contributed by atoms with Crippen molar-refractivity contribution in [3.63, 3.8) is 0 Å². The van der Waals surface area contributed by atoms with E-state index >= 15 is 0 Å². The average molecular weight is 512 g/mol. The summed E-state index contributed by atoms with van der Waals surface area (Å²) in [7, 11) is 7.41. The first-order chi connectivity index (χ1) is 13.3. The number of carbonyl (C=O) groups is 1. The van der Waals surface area contributed by atoms with Crippen LogP contribution in [0.15, 0.2) is 35.5 Å². The molecule has 1 amide bonds. The summed E-state index contributed by atoms with van der Waals surface area (Å²) in [5.74, 6) is 1.15. The van der Waals surface area contributed by atoms with Crippen molar-refractivity contribution in [2.75, 3.05) is 27.7 Å². The molecule has 0 aliphatic rings. The maximum atomic E-state index is 11.8. The normalized spacial score (nSPS) is 11.2. The molecule has 8 heteroatoms. The van der Waals surface area contributed by atoms with Crippen molar-refractivity contribution in [1.82, 2.24) is 25.3 Å². The maximum Gasteiger partial charge on any atom is 0.251 e. The van der Waals surface area contributed by atoms with Gasteiger partial charge in [0.15, 0.2) is 5.96 Å². The molecule has 2 rings (SSSR count). The van der Waals surface area contributed by atoms with Crippen molar-refractivity contribution in [3.8, 4) is 0 Å². The molecule has 0 bridgehead atoms. The third-order valence-corrected chi connectivity index (χ3v) is 4.58. The minimum atomic E-state index is -0.0669. The van der Waals surface area contributed by atoms with Crippen molar-refractivity contribution >= 4 is 35.8 Å². The summed E-state index contributed by atoms with van der Waals surface area (Å²) in [5, 5.41) is 10.6. The third-order valence-electron chi connectivity index (χ3n) is 4.58. The summed E-state index contributed by atoms with van der Waals surface area (Å²) in [6, 6.07) is 7.70. The van der Waals surface area contributed by atoms with Gasteiger partial charge in [-0.05, 0) is 30.0 Å². The molecule has 0 aliphatic heterocycles. The van der Waals surface area contributed by atoms with Crippen LogP contribution in [0.2, 0.25) is 0 Å². The third kappa shape index (κ3) is 7.02. The van der Waals surface area contributed by atoms with Gasteiger partial charge in [-0.25, -0.2) is 0 Å². The fraction of sp³-hybridized carbons (Fsp3) is 0.476. The topological polar surface area (TPSA) is 74.6 Å². The first-order valence-corrected chi connectivity index (χ1v) is 9.61. The molecule has 0 aliphatic carbocycles. The number of nitrogens with one attached hydrogen (secondary N) is 2. The Morgan fingerprint density at radius 2 is 2.07 bits per heavy atom. The molecule has 0 saturated heterocycles. The lowest BCUT2D eigenvalue weighted by Crippen LogP contribution is -2.39. The Balaban J connectivity index is 0.00000420. The Kier molecular flexibility index (Phi) is 10.1. The summed E-state index contributed by atoms with van der Waals surface area (Å²) < 4.78 is 1.87. The molecule has 29 heavy (non-hydrogen) atoms. The summed E-state index contributed by atoms with van der Waals surface area (Å²) in [4.78, 5) is 18.3. The molecule has 0 radical (unpaired) electrons. The molecule has 0 saturated carbocycles. The molecule has 0 fully saturated rings. The largest absolute Gasteiger partial charge is 0.356 e. The number of amides is 1. The highest BCUT2D eigenvalue weighted by Crippen LogP contribution is 2.18. The van der Waals surface area contributed by atoms with Crippen LogP contribution in [0, 0.1) is 0 Å². The number of aryl methyl sites for hydroxylation is 1. The van der Waals surface area contributed by atoms with Gasteiger partial charge in [0.1, 0.15) is 0 Å². The van der Waals surface area contributed by atoms with Crippen LogP contribution in [0.3, 0.4) is 0 Å². The lowest BCUT2D eigenvalue weighted by Gasteiger charge is -2.22. The molecule has 160 valence electrons. The number of aliphatic imine (C=N–C) groups is 1. The minimum Gasteiger partial charge on any atom is -0.356 e. The van der Waals surface area contributed by atoms with Crippen molar-refractivity contribution < 1.29 is 4.79 Å². The first-order valence-electron chi connectivity index (χ1n) is 9.61.